The quantitative estimate of drug-likeness (QED) is 0.677. The molecule has 5 nitrogen and oxygen atoms in total. The van der Waals surface area contributed by atoms with E-state index in [0.717, 1.165) is 27.9 Å². The summed E-state index contributed by atoms with van der Waals surface area (Å²) in [6, 6.07) is 10.7. The van der Waals surface area contributed by atoms with E-state index in [-0.39, 0.29) is 16.1 Å². The maximum Gasteiger partial charge on any atom is 0.285 e. The molecule has 1 aromatic heterocycles. The SMILES string of the molecule is Cc1ccc(C(=O)NN2C(=O)C(=Cc3cccnc3)SC2=S)cc1. The highest BCUT2D eigenvalue weighted by atomic mass is 32.2. The number of thiocarbonyl (C=S) groups is 1. The number of carbonyl (C=O) groups is 2. The van der Waals surface area contributed by atoms with Gasteiger partial charge in [-0.3, -0.25) is 20.0 Å². The molecule has 0 atom stereocenters. The van der Waals surface area contributed by atoms with Crippen LogP contribution in [0.2, 0.25) is 0 Å². The minimum atomic E-state index is -0.381. The molecule has 0 saturated carbocycles. The van der Waals surface area contributed by atoms with Gasteiger partial charge in [0.05, 0.1) is 4.91 Å². The molecule has 2 amide bonds. The number of hydrazine groups is 1. The molecule has 24 heavy (non-hydrogen) atoms. The Bertz CT molecular complexity index is 833. The Labute approximate surface area is 148 Å². The van der Waals surface area contributed by atoms with E-state index in [1.807, 2.05) is 25.1 Å². The van der Waals surface area contributed by atoms with Crippen molar-refractivity contribution in [3.05, 3.63) is 70.4 Å². The van der Waals surface area contributed by atoms with E-state index in [1.165, 1.54) is 0 Å². The normalized spacial score (nSPS) is 15.9. The van der Waals surface area contributed by atoms with Gasteiger partial charge in [-0.2, -0.15) is 5.01 Å². The average molecular weight is 355 g/mol. The lowest BCUT2D eigenvalue weighted by atomic mass is 10.1. The van der Waals surface area contributed by atoms with Gasteiger partial charge >= 0.3 is 0 Å². The van der Waals surface area contributed by atoms with Crippen molar-refractivity contribution in [2.75, 3.05) is 0 Å². The molecule has 0 unspecified atom stereocenters. The Morgan fingerprint density at radius 3 is 2.71 bits per heavy atom. The molecule has 1 fully saturated rings. The summed E-state index contributed by atoms with van der Waals surface area (Å²) in [5.41, 5.74) is 4.87. The summed E-state index contributed by atoms with van der Waals surface area (Å²) < 4.78 is 0.288. The average Bonchev–Trinajstić information content (AvgIpc) is 2.84. The number of aryl methyl sites for hydroxylation is 1. The van der Waals surface area contributed by atoms with Gasteiger partial charge in [0.1, 0.15) is 0 Å². The van der Waals surface area contributed by atoms with Crippen molar-refractivity contribution in [1.29, 1.82) is 0 Å². The first-order valence-corrected chi connectivity index (χ1v) is 8.33. The van der Waals surface area contributed by atoms with E-state index in [0.29, 0.717) is 10.5 Å². The van der Waals surface area contributed by atoms with Gasteiger partial charge in [-0.15, -0.1) is 0 Å². The number of hydrogen-bond donors (Lipinski definition) is 1. The molecular formula is C17H13N3O2S2. The lowest BCUT2D eigenvalue weighted by molar-refractivity contribution is -0.123. The number of nitrogens with one attached hydrogen (secondary N) is 1. The Balaban J connectivity index is 1.76. The van der Waals surface area contributed by atoms with Crippen LogP contribution in [0.25, 0.3) is 6.08 Å². The van der Waals surface area contributed by atoms with Crippen LogP contribution in [0.1, 0.15) is 21.5 Å². The molecule has 2 heterocycles. The fourth-order valence-corrected chi connectivity index (χ4v) is 3.23. The summed E-state index contributed by atoms with van der Waals surface area (Å²) in [6.07, 6.45) is 5.01. The van der Waals surface area contributed by atoms with Crippen LogP contribution in [0.5, 0.6) is 0 Å². The highest BCUT2D eigenvalue weighted by Crippen LogP contribution is 2.31. The third-order valence-electron chi connectivity index (χ3n) is 3.30. The van der Waals surface area contributed by atoms with Crippen molar-refractivity contribution >= 4 is 46.2 Å². The van der Waals surface area contributed by atoms with Gasteiger partial charge in [0.15, 0.2) is 4.32 Å². The molecule has 3 rings (SSSR count). The summed E-state index contributed by atoms with van der Waals surface area (Å²) in [7, 11) is 0. The molecule has 2 aromatic rings. The Hall–Kier alpha value is -2.51. The minimum Gasteiger partial charge on any atom is -0.267 e. The second-order valence-corrected chi connectivity index (χ2v) is 6.79. The van der Waals surface area contributed by atoms with E-state index < -0.39 is 0 Å². The van der Waals surface area contributed by atoms with Crippen molar-refractivity contribution in [3.63, 3.8) is 0 Å². The molecule has 0 aliphatic carbocycles. The molecule has 1 aliphatic rings. The summed E-state index contributed by atoms with van der Waals surface area (Å²) in [5, 5.41) is 1.10. The molecule has 1 aliphatic heterocycles. The number of rotatable bonds is 3. The number of nitrogens with zero attached hydrogens (tertiary/aromatic N) is 2. The Morgan fingerprint density at radius 2 is 2.04 bits per heavy atom. The monoisotopic (exact) mass is 355 g/mol. The van der Waals surface area contributed by atoms with Crippen LogP contribution in [0, 0.1) is 6.92 Å². The second-order valence-electron chi connectivity index (χ2n) is 5.11. The second kappa shape index (κ2) is 6.94. The minimum absolute atomic E-state index is 0.288. The number of amides is 2. The van der Waals surface area contributed by atoms with E-state index in [1.54, 1.807) is 36.7 Å². The highest BCUT2D eigenvalue weighted by Gasteiger charge is 2.33. The molecule has 7 heteroatoms. The van der Waals surface area contributed by atoms with Crippen LogP contribution in [0.15, 0.2) is 53.7 Å². The molecule has 0 bridgehead atoms. The zero-order valence-corrected chi connectivity index (χ0v) is 14.4. The van der Waals surface area contributed by atoms with Gasteiger partial charge in [0.2, 0.25) is 0 Å². The Kier molecular flexibility index (Phi) is 4.73. The first-order chi connectivity index (χ1) is 11.5. The maximum atomic E-state index is 12.5. The number of carbonyl (C=O) groups excluding carboxylic acids is 2. The topological polar surface area (TPSA) is 62.3 Å². The number of aromatic nitrogens is 1. The maximum absolute atomic E-state index is 12.5. The summed E-state index contributed by atoms with van der Waals surface area (Å²) in [5.74, 6) is -0.733. The van der Waals surface area contributed by atoms with Crippen molar-refractivity contribution in [2.45, 2.75) is 6.92 Å². The standard InChI is InChI=1S/C17H13N3O2S2/c1-11-4-6-13(7-5-11)15(21)19-20-16(22)14(24-17(20)23)9-12-3-2-8-18-10-12/h2-10H,1H3,(H,19,21). The molecule has 0 radical (unpaired) electrons. The number of thioether (sulfide) groups is 1. The van der Waals surface area contributed by atoms with Crippen molar-refractivity contribution in [3.8, 4) is 0 Å². The highest BCUT2D eigenvalue weighted by molar-refractivity contribution is 8.26. The Morgan fingerprint density at radius 1 is 1.29 bits per heavy atom. The lowest BCUT2D eigenvalue weighted by Gasteiger charge is -2.15. The third-order valence-corrected chi connectivity index (χ3v) is 4.61. The number of hydrogen-bond acceptors (Lipinski definition) is 5. The van der Waals surface area contributed by atoms with Crippen molar-refractivity contribution < 1.29 is 9.59 Å². The third kappa shape index (κ3) is 3.52. The largest absolute Gasteiger partial charge is 0.285 e. The summed E-state index contributed by atoms with van der Waals surface area (Å²) in [6.45, 7) is 1.94. The first-order valence-electron chi connectivity index (χ1n) is 7.10. The van der Waals surface area contributed by atoms with Crippen LogP contribution in [-0.4, -0.2) is 26.1 Å². The van der Waals surface area contributed by atoms with Gasteiger partial charge < -0.3 is 0 Å². The van der Waals surface area contributed by atoms with Crippen LogP contribution >= 0.6 is 24.0 Å². The van der Waals surface area contributed by atoms with Crippen LogP contribution < -0.4 is 5.43 Å². The van der Waals surface area contributed by atoms with Crippen molar-refractivity contribution in [1.82, 2.24) is 15.4 Å². The number of benzene rings is 1. The van der Waals surface area contributed by atoms with Gasteiger partial charge in [-0.1, -0.05) is 35.5 Å². The predicted molar refractivity (Wildman–Crippen MR) is 97.9 cm³/mol. The first kappa shape index (κ1) is 16.4. The summed E-state index contributed by atoms with van der Waals surface area (Å²) in [4.78, 5) is 29.2. The molecular weight excluding hydrogens is 342 g/mol. The molecule has 120 valence electrons. The van der Waals surface area contributed by atoms with E-state index in [2.05, 4.69) is 10.4 Å². The van der Waals surface area contributed by atoms with Gasteiger partial charge in [0.25, 0.3) is 11.8 Å². The van der Waals surface area contributed by atoms with Gasteiger partial charge in [0, 0.05) is 18.0 Å². The van der Waals surface area contributed by atoms with Crippen molar-refractivity contribution in [2.24, 2.45) is 0 Å². The molecule has 1 N–H and O–H groups in total. The van der Waals surface area contributed by atoms with Gasteiger partial charge in [-0.25, -0.2) is 0 Å². The molecule has 0 spiro atoms. The smallest absolute Gasteiger partial charge is 0.267 e. The van der Waals surface area contributed by atoms with E-state index in [4.69, 9.17) is 12.2 Å². The number of pyridine rings is 1. The molecule has 1 aromatic carbocycles. The summed E-state index contributed by atoms with van der Waals surface area (Å²) >= 11 is 6.34. The lowest BCUT2D eigenvalue weighted by Crippen LogP contribution is -2.44. The van der Waals surface area contributed by atoms with E-state index in [9.17, 15) is 9.59 Å². The van der Waals surface area contributed by atoms with Crippen LogP contribution in [0.3, 0.4) is 0 Å². The zero-order chi connectivity index (χ0) is 17.1. The van der Waals surface area contributed by atoms with Gasteiger partial charge in [-0.05, 0) is 49.0 Å². The molecule has 1 saturated heterocycles. The van der Waals surface area contributed by atoms with E-state index >= 15 is 0 Å². The van der Waals surface area contributed by atoms with Crippen LogP contribution in [0.4, 0.5) is 0 Å². The fraction of sp³-hybridized carbons (Fsp3) is 0.0588. The fourth-order valence-electron chi connectivity index (χ4n) is 2.05. The van der Waals surface area contributed by atoms with Crippen LogP contribution in [-0.2, 0) is 4.79 Å². The predicted octanol–water partition coefficient (Wildman–Crippen LogP) is 2.94. The zero-order valence-electron chi connectivity index (χ0n) is 12.7.